The topological polar surface area (TPSA) is 68.2 Å². The maximum absolute atomic E-state index is 12.5. The van der Waals surface area contributed by atoms with Gasteiger partial charge in [-0.1, -0.05) is 25.0 Å². The monoisotopic (exact) mass is 404 g/mol. The van der Waals surface area contributed by atoms with Crippen LogP contribution in [0.5, 0.6) is 0 Å². The SMILES string of the molecule is Cl.O=C(Nc1ccc(COC2CCCC2)cc1)c1ccn(C2CCCNC2)n1. The fourth-order valence-electron chi connectivity index (χ4n) is 3.87. The van der Waals surface area contributed by atoms with Gasteiger partial charge in [-0.3, -0.25) is 9.48 Å². The second-order valence-electron chi connectivity index (χ2n) is 7.55. The molecule has 1 aliphatic heterocycles. The Hall–Kier alpha value is -1.89. The molecule has 2 N–H and O–H groups in total. The number of halogens is 1. The predicted octanol–water partition coefficient (Wildman–Crippen LogP) is 3.94. The molecule has 0 spiro atoms. The number of anilines is 1. The molecule has 1 saturated carbocycles. The summed E-state index contributed by atoms with van der Waals surface area (Å²) < 4.78 is 7.84. The van der Waals surface area contributed by atoms with Crippen molar-refractivity contribution in [2.45, 2.75) is 57.3 Å². The number of carbonyl (C=O) groups excluding carboxylic acids is 1. The van der Waals surface area contributed by atoms with Crippen LogP contribution in [0.4, 0.5) is 5.69 Å². The van der Waals surface area contributed by atoms with Crippen LogP contribution in [-0.2, 0) is 11.3 Å². The van der Waals surface area contributed by atoms with E-state index in [9.17, 15) is 4.79 Å². The first-order valence-electron chi connectivity index (χ1n) is 10.1. The van der Waals surface area contributed by atoms with Crippen LogP contribution in [0.25, 0.3) is 0 Å². The lowest BCUT2D eigenvalue weighted by molar-refractivity contribution is 0.0457. The zero-order valence-electron chi connectivity index (χ0n) is 16.1. The van der Waals surface area contributed by atoms with E-state index in [1.165, 1.54) is 25.7 Å². The highest BCUT2D eigenvalue weighted by Gasteiger charge is 2.18. The number of nitrogens with one attached hydrogen (secondary N) is 2. The Morgan fingerprint density at radius 2 is 1.93 bits per heavy atom. The van der Waals surface area contributed by atoms with E-state index in [0.29, 0.717) is 24.4 Å². The number of aromatic nitrogens is 2. The summed E-state index contributed by atoms with van der Waals surface area (Å²) in [5.74, 6) is -0.174. The van der Waals surface area contributed by atoms with Gasteiger partial charge in [0.25, 0.3) is 5.91 Å². The molecule has 1 aliphatic carbocycles. The molecule has 6 nitrogen and oxygen atoms in total. The van der Waals surface area contributed by atoms with Gasteiger partial charge in [0.1, 0.15) is 0 Å². The average molecular weight is 405 g/mol. The molecule has 1 atom stereocenters. The van der Waals surface area contributed by atoms with Crippen LogP contribution < -0.4 is 10.6 Å². The standard InChI is InChI=1S/C21H28N4O2.ClH/c26-21(20-11-13-25(24-20)18-4-3-12-22-14-18)23-17-9-7-16(8-10-17)15-27-19-5-1-2-6-19;/h7-11,13,18-19,22H,1-6,12,14-15H2,(H,23,26);1H. The van der Waals surface area contributed by atoms with Gasteiger partial charge in [0, 0.05) is 18.4 Å². The van der Waals surface area contributed by atoms with E-state index in [2.05, 4.69) is 15.7 Å². The molecule has 1 aromatic heterocycles. The molecule has 2 fully saturated rings. The zero-order valence-corrected chi connectivity index (χ0v) is 16.9. The van der Waals surface area contributed by atoms with E-state index in [-0.39, 0.29) is 18.3 Å². The lowest BCUT2D eigenvalue weighted by Gasteiger charge is -2.22. The molecule has 1 unspecified atom stereocenters. The lowest BCUT2D eigenvalue weighted by Crippen LogP contribution is -2.32. The number of nitrogens with zero attached hydrogens (tertiary/aromatic N) is 2. The lowest BCUT2D eigenvalue weighted by atomic mass is 10.1. The van der Waals surface area contributed by atoms with Crippen LogP contribution in [0.1, 0.15) is 60.6 Å². The summed E-state index contributed by atoms with van der Waals surface area (Å²) in [5, 5.41) is 10.8. The number of piperidine rings is 1. The molecular formula is C21H29ClN4O2. The molecule has 152 valence electrons. The maximum Gasteiger partial charge on any atom is 0.276 e. The second kappa shape index (κ2) is 10.0. The number of ether oxygens (including phenoxy) is 1. The van der Waals surface area contributed by atoms with E-state index >= 15 is 0 Å². The number of hydrogen-bond acceptors (Lipinski definition) is 4. The van der Waals surface area contributed by atoms with Crippen molar-refractivity contribution in [1.82, 2.24) is 15.1 Å². The van der Waals surface area contributed by atoms with Crippen LogP contribution in [0.2, 0.25) is 0 Å². The van der Waals surface area contributed by atoms with Crippen molar-refractivity contribution in [3.8, 4) is 0 Å². The quantitative estimate of drug-likeness (QED) is 0.765. The van der Waals surface area contributed by atoms with Crippen LogP contribution >= 0.6 is 12.4 Å². The zero-order chi connectivity index (χ0) is 18.5. The number of benzene rings is 1. The highest BCUT2D eigenvalue weighted by Crippen LogP contribution is 2.22. The predicted molar refractivity (Wildman–Crippen MR) is 112 cm³/mol. The van der Waals surface area contributed by atoms with Gasteiger partial charge in [0.05, 0.1) is 18.8 Å². The number of hydrogen-bond donors (Lipinski definition) is 2. The van der Waals surface area contributed by atoms with Crippen molar-refractivity contribution in [2.75, 3.05) is 18.4 Å². The summed E-state index contributed by atoms with van der Waals surface area (Å²) in [6, 6.07) is 9.99. The van der Waals surface area contributed by atoms with Gasteiger partial charge in [0.15, 0.2) is 5.69 Å². The Balaban J connectivity index is 0.00000225. The van der Waals surface area contributed by atoms with Crippen LogP contribution in [0.3, 0.4) is 0 Å². The summed E-state index contributed by atoms with van der Waals surface area (Å²) >= 11 is 0. The minimum absolute atomic E-state index is 0. The fourth-order valence-corrected chi connectivity index (χ4v) is 3.87. The molecule has 2 aliphatic rings. The summed E-state index contributed by atoms with van der Waals surface area (Å²) in [6.45, 7) is 2.61. The molecular weight excluding hydrogens is 376 g/mol. The van der Waals surface area contributed by atoms with Crippen molar-refractivity contribution >= 4 is 24.0 Å². The van der Waals surface area contributed by atoms with Crippen molar-refractivity contribution in [1.29, 1.82) is 0 Å². The number of rotatable bonds is 6. The highest BCUT2D eigenvalue weighted by atomic mass is 35.5. The van der Waals surface area contributed by atoms with E-state index in [1.807, 2.05) is 35.1 Å². The number of carbonyl (C=O) groups is 1. The highest BCUT2D eigenvalue weighted by molar-refractivity contribution is 6.02. The van der Waals surface area contributed by atoms with E-state index in [0.717, 1.165) is 37.2 Å². The Kier molecular flexibility index (Phi) is 7.48. The van der Waals surface area contributed by atoms with Gasteiger partial charge in [0.2, 0.25) is 0 Å². The van der Waals surface area contributed by atoms with Crippen molar-refractivity contribution < 1.29 is 9.53 Å². The normalized spacial score (nSPS) is 19.9. The minimum atomic E-state index is -0.174. The molecule has 1 aromatic carbocycles. The third-order valence-electron chi connectivity index (χ3n) is 5.49. The minimum Gasteiger partial charge on any atom is -0.374 e. The molecule has 1 amide bonds. The van der Waals surface area contributed by atoms with Gasteiger partial charge >= 0.3 is 0 Å². The first-order chi connectivity index (χ1) is 13.3. The number of amides is 1. The molecule has 2 heterocycles. The molecule has 0 bridgehead atoms. The fraction of sp³-hybridized carbons (Fsp3) is 0.524. The molecule has 4 rings (SSSR count). The Morgan fingerprint density at radius 1 is 1.14 bits per heavy atom. The molecule has 1 saturated heterocycles. The maximum atomic E-state index is 12.5. The van der Waals surface area contributed by atoms with Gasteiger partial charge in [-0.25, -0.2) is 0 Å². The van der Waals surface area contributed by atoms with Gasteiger partial charge in [-0.05, 0) is 56.0 Å². The summed E-state index contributed by atoms with van der Waals surface area (Å²) in [5.41, 5.74) is 2.36. The summed E-state index contributed by atoms with van der Waals surface area (Å²) in [7, 11) is 0. The van der Waals surface area contributed by atoms with Crippen molar-refractivity contribution in [3.05, 3.63) is 47.8 Å². The molecule has 7 heteroatoms. The third kappa shape index (κ3) is 5.34. The second-order valence-corrected chi connectivity index (χ2v) is 7.55. The van der Waals surface area contributed by atoms with Gasteiger partial charge < -0.3 is 15.4 Å². The first-order valence-corrected chi connectivity index (χ1v) is 10.1. The van der Waals surface area contributed by atoms with E-state index in [4.69, 9.17) is 4.74 Å². The van der Waals surface area contributed by atoms with Crippen LogP contribution in [0, 0.1) is 0 Å². The summed E-state index contributed by atoms with van der Waals surface area (Å²) in [4.78, 5) is 12.5. The van der Waals surface area contributed by atoms with Gasteiger partial charge in [-0.15, -0.1) is 12.4 Å². The van der Waals surface area contributed by atoms with E-state index in [1.54, 1.807) is 6.07 Å². The van der Waals surface area contributed by atoms with Crippen molar-refractivity contribution in [2.24, 2.45) is 0 Å². The van der Waals surface area contributed by atoms with Crippen LogP contribution in [-0.4, -0.2) is 34.9 Å². The average Bonchev–Trinajstić information content (AvgIpc) is 3.40. The van der Waals surface area contributed by atoms with E-state index < -0.39 is 0 Å². The smallest absolute Gasteiger partial charge is 0.276 e. The summed E-state index contributed by atoms with van der Waals surface area (Å²) in [6.07, 6.45) is 9.47. The largest absolute Gasteiger partial charge is 0.374 e. The first kappa shape index (κ1) is 20.8. The molecule has 2 aromatic rings. The van der Waals surface area contributed by atoms with Gasteiger partial charge in [-0.2, -0.15) is 5.10 Å². The Labute approximate surface area is 172 Å². The Bertz CT molecular complexity index is 750. The molecule has 0 radical (unpaired) electrons. The Morgan fingerprint density at radius 3 is 2.64 bits per heavy atom. The molecule has 28 heavy (non-hydrogen) atoms. The third-order valence-corrected chi connectivity index (χ3v) is 5.49. The van der Waals surface area contributed by atoms with Crippen molar-refractivity contribution in [3.63, 3.8) is 0 Å². The van der Waals surface area contributed by atoms with Crippen LogP contribution in [0.15, 0.2) is 36.5 Å².